The molecule has 0 aromatic rings. The molecule has 35 heavy (non-hydrogen) atoms. The van der Waals surface area contributed by atoms with Gasteiger partial charge in [-0.2, -0.15) is 10.5 Å². The van der Waals surface area contributed by atoms with Crippen molar-refractivity contribution in [3.63, 3.8) is 0 Å². The summed E-state index contributed by atoms with van der Waals surface area (Å²) >= 11 is 0. The second kappa shape index (κ2) is 30.3. The molecule has 0 saturated heterocycles. The Morgan fingerprint density at radius 2 is 0.486 bits per heavy atom. The van der Waals surface area contributed by atoms with E-state index in [4.69, 9.17) is 10.5 Å². The fourth-order valence-electron chi connectivity index (χ4n) is 0.856. The van der Waals surface area contributed by atoms with Gasteiger partial charge in [0.2, 0.25) is 0 Å². The van der Waals surface area contributed by atoms with Crippen LogP contribution in [0.25, 0.3) is 0 Å². The summed E-state index contributed by atoms with van der Waals surface area (Å²) in [4.78, 5) is 0. The molecule has 0 unspecified atom stereocenters. The maximum Gasteiger partial charge on any atom is 4.00 e. The van der Waals surface area contributed by atoms with E-state index < -0.39 is 29.0 Å². The first-order valence-corrected chi connectivity index (χ1v) is 8.24. The topological polar surface area (TPSA) is 47.6 Å². The third-order valence-electron chi connectivity index (χ3n) is 1.33. The molecular formula is C12H18B4F16IrN2. The van der Waals surface area contributed by atoms with Gasteiger partial charge in [-0.25, -0.2) is 0 Å². The van der Waals surface area contributed by atoms with Gasteiger partial charge in [0.05, 0.1) is 12.1 Å². The van der Waals surface area contributed by atoms with Crippen LogP contribution in [0, 0.1) is 22.7 Å². The predicted molar refractivity (Wildman–Crippen MR) is 100 cm³/mol. The van der Waals surface area contributed by atoms with Crippen LogP contribution < -0.4 is 0 Å². The summed E-state index contributed by atoms with van der Waals surface area (Å²) < 4.78 is 156. The zero-order valence-electron chi connectivity index (χ0n) is 17.7. The van der Waals surface area contributed by atoms with E-state index in [1.807, 2.05) is 0 Å². The third kappa shape index (κ3) is 756. The summed E-state index contributed by atoms with van der Waals surface area (Å²) in [5.41, 5.74) is 0. The number of nitrogens with zero attached hydrogens (tertiary/aromatic N) is 2. The average molecular weight is 730 g/mol. The monoisotopic (exact) mass is 731 g/mol. The zero-order chi connectivity index (χ0) is 29.1. The minimum Gasteiger partial charge on any atom is -0.418 e. The van der Waals surface area contributed by atoms with Crippen molar-refractivity contribution in [1.82, 2.24) is 0 Å². The Bertz CT molecular complexity index is 452. The Hall–Kier alpha value is -1.75. The van der Waals surface area contributed by atoms with Crippen molar-refractivity contribution in [2.75, 3.05) is 0 Å². The van der Waals surface area contributed by atoms with Crippen LogP contribution in [0.4, 0.5) is 69.1 Å². The molecule has 0 amide bonds. The standard InChI is InChI=1S/C8H12.2C2H3N.4BF4.Ir/c1-2-4-6-8-7-5-3-1;2*1-2-3;4*2-1(3,4)5;/h1-2,7-8H,3-6H2;2*1H3;;;;;/q;;;4*-1;+4/b2-1-,8-7-;;;;;;;. The summed E-state index contributed by atoms with van der Waals surface area (Å²) in [6.07, 6.45) is 14.0. The molecule has 0 atom stereocenters. The normalized spacial score (nSPS) is 13.7. The molecule has 1 rings (SSSR count). The van der Waals surface area contributed by atoms with E-state index in [1.54, 1.807) is 12.1 Å². The van der Waals surface area contributed by atoms with Crippen molar-refractivity contribution in [2.24, 2.45) is 0 Å². The van der Waals surface area contributed by atoms with E-state index in [1.165, 1.54) is 39.5 Å². The molecule has 23 heteroatoms. The Morgan fingerprint density at radius 3 is 0.543 bits per heavy atom. The van der Waals surface area contributed by atoms with Gasteiger partial charge in [0.15, 0.2) is 0 Å². The Labute approximate surface area is 205 Å². The van der Waals surface area contributed by atoms with Gasteiger partial charge in [0.25, 0.3) is 0 Å². The number of nitriles is 2. The number of allylic oxidation sites excluding steroid dienone is 4. The fraction of sp³-hybridized carbons (Fsp3) is 0.500. The van der Waals surface area contributed by atoms with Crippen LogP contribution in [0.5, 0.6) is 0 Å². The van der Waals surface area contributed by atoms with Crippen molar-refractivity contribution in [1.29, 1.82) is 10.5 Å². The average Bonchev–Trinajstić information content (AvgIpc) is 2.40. The van der Waals surface area contributed by atoms with Crippen molar-refractivity contribution in [3.8, 4) is 12.1 Å². The Morgan fingerprint density at radius 1 is 0.429 bits per heavy atom. The van der Waals surface area contributed by atoms with E-state index in [2.05, 4.69) is 24.3 Å². The van der Waals surface area contributed by atoms with Gasteiger partial charge >= 0.3 is 49.1 Å². The van der Waals surface area contributed by atoms with E-state index in [0.29, 0.717) is 0 Å². The molecule has 0 heterocycles. The fourth-order valence-corrected chi connectivity index (χ4v) is 0.856. The first kappa shape index (κ1) is 50.2. The summed E-state index contributed by atoms with van der Waals surface area (Å²) in [7, 11) is -24.0. The van der Waals surface area contributed by atoms with E-state index in [9.17, 15) is 69.1 Å². The van der Waals surface area contributed by atoms with Crippen LogP contribution in [0.2, 0.25) is 0 Å². The molecule has 1 aliphatic rings. The first-order valence-electron chi connectivity index (χ1n) is 8.24. The summed E-state index contributed by atoms with van der Waals surface area (Å²) in [5.74, 6) is 0. The second-order valence-corrected chi connectivity index (χ2v) is 4.52. The molecule has 0 aromatic heterocycles. The predicted octanol–water partition coefficient (Wildman–Crippen LogP) is 8.93. The van der Waals surface area contributed by atoms with Crippen molar-refractivity contribution in [3.05, 3.63) is 24.3 Å². The number of hydrogen-bond acceptors (Lipinski definition) is 2. The zero-order valence-corrected chi connectivity index (χ0v) is 20.1. The minimum atomic E-state index is -6.00. The molecule has 2 nitrogen and oxygen atoms in total. The molecule has 0 saturated carbocycles. The van der Waals surface area contributed by atoms with E-state index in [-0.39, 0.29) is 20.1 Å². The maximum absolute atomic E-state index is 9.75. The van der Waals surface area contributed by atoms with Crippen molar-refractivity contribution < 1.29 is 89.2 Å². The Kier molecular flexibility index (Phi) is 43.4. The Balaban J connectivity index is -0.0000000535. The quantitative estimate of drug-likeness (QED) is 0.142. The molecule has 0 fully saturated rings. The van der Waals surface area contributed by atoms with Crippen LogP contribution in [-0.4, -0.2) is 29.0 Å². The van der Waals surface area contributed by atoms with Gasteiger partial charge in [-0.3, -0.25) is 0 Å². The van der Waals surface area contributed by atoms with E-state index >= 15 is 0 Å². The molecule has 0 bridgehead atoms. The van der Waals surface area contributed by atoms with E-state index in [0.717, 1.165) is 0 Å². The smallest absolute Gasteiger partial charge is 0.418 e. The van der Waals surface area contributed by atoms with Gasteiger partial charge in [-0.1, -0.05) is 24.3 Å². The number of halogens is 16. The second-order valence-electron chi connectivity index (χ2n) is 4.52. The molecule has 1 radical (unpaired) electrons. The molecular weight excluding hydrogens is 712 g/mol. The maximum atomic E-state index is 9.75. The number of hydrogen-bond donors (Lipinski definition) is 0. The summed E-state index contributed by atoms with van der Waals surface area (Å²) in [6.45, 7) is 2.86. The van der Waals surface area contributed by atoms with Gasteiger partial charge in [0, 0.05) is 13.8 Å². The molecule has 0 aliphatic heterocycles. The van der Waals surface area contributed by atoms with Crippen molar-refractivity contribution >= 4 is 29.0 Å². The largest absolute Gasteiger partial charge is 4.00 e. The summed E-state index contributed by atoms with van der Waals surface area (Å²) in [5, 5.41) is 14.6. The summed E-state index contributed by atoms with van der Waals surface area (Å²) in [6, 6.07) is 3.50. The molecule has 0 N–H and O–H groups in total. The van der Waals surface area contributed by atoms with Gasteiger partial charge in [-0.15, -0.1) is 0 Å². The molecule has 0 spiro atoms. The van der Waals surface area contributed by atoms with Crippen LogP contribution in [-0.2, 0) is 20.1 Å². The van der Waals surface area contributed by atoms with Crippen LogP contribution in [0.1, 0.15) is 39.5 Å². The minimum absolute atomic E-state index is 0. The van der Waals surface area contributed by atoms with Crippen LogP contribution in [0.3, 0.4) is 0 Å². The molecule has 1 aliphatic carbocycles. The van der Waals surface area contributed by atoms with Gasteiger partial charge in [0.1, 0.15) is 0 Å². The van der Waals surface area contributed by atoms with Gasteiger partial charge in [-0.05, 0) is 25.7 Å². The number of rotatable bonds is 0. The molecule has 209 valence electrons. The first-order chi connectivity index (χ1) is 14.8. The van der Waals surface area contributed by atoms with Gasteiger partial charge < -0.3 is 69.1 Å². The van der Waals surface area contributed by atoms with Crippen LogP contribution >= 0.6 is 0 Å². The SMILES string of the molecule is C1=C\CC/C=C\CC/1.CC#N.CC#N.F[B-](F)(F)F.F[B-](F)(F)F.F[B-](F)(F)F.F[B-](F)(F)F.[Ir+4]. The molecule has 0 aromatic carbocycles. The van der Waals surface area contributed by atoms with Crippen molar-refractivity contribution in [2.45, 2.75) is 39.5 Å². The third-order valence-corrected chi connectivity index (χ3v) is 1.33. The van der Waals surface area contributed by atoms with Crippen LogP contribution in [0.15, 0.2) is 24.3 Å².